The molecule has 35 heavy (non-hydrogen) atoms. The molecule has 0 unspecified atom stereocenters. The number of likely N-dealkylation sites (N-methyl/N-ethyl adjacent to an activating group) is 1. The number of H-pyrrole nitrogens is 1. The zero-order valence-corrected chi connectivity index (χ0v) is 20.6. The Kier molecular flexibility index (Phi) is 6.77. The molecule has 5 rings (SSSR count). The molecular formula is C26H28ClN7O. The van der Waals surface area contributed by atoms with Gasteiger partial charge in [-0.15, -0.1) is 0 Å². The van der Waals surface area contributed by atoms with Crippen molar-refractivity contribution in [1.29, 1.82) is 0 Å². The molecule has 0 radical (unpaired) electrons. The van der Waals surface area contributed by atoms with E-state index in [-0.39, 0.29) is 5.56 Å². The van der Waals surface area contributed by atoms with E-state index in [0.717, 1.165) is 50.2 Å². The largest absolute Gasteiger partial charge is 0.309 e. The predicted molar refractivity (Wildman–Crippen MR) is 140 cm³/mol. The Balaban J connectivity index is 1.32. The van der Waals surface area contributed by atoms with Crippen molar-refractivity contribution in [2.24, 2.45) is 0 Å². The molecule has 0 amide bonds. The Morgan fingerprint density at radius 1 is 1.03 bits per heavy atom. The Labute approximate surface area is 209 Å². The van der Waals surface area contributed by atoms with Crippen LogP contribution in [-0.4, -0.2) is 62.5 Å². The van der Waals surface area contributed by atoms with Crippen LogP contribution >= 0.6 is 11.6 Å². The van der Waals surface area contributed by atoms with E-state index < -0.39 is 0 Å². The molecule has 0 spiro atoms. The first-order chi connectivity index (χ1) is 17.0. The number of aromatic amines is 1. The summed E-state index contributed by atoms with van der Waals surface area (Å²) < 4.78 is 0. The van der Waals surface area contributed by atoms with Crippen molar-refractivity contribution in [2.45, 2.75) is 20.4 Å². The number of piperazine rings is 1. The van der Waals surface area contributed by atoms with Gasteiger partial charge in [-0.2, -0.15) is 4.98 Å². The van der Waals surface area contributed by atoms with Gasteiger partial charge in [0.25, 0.3) is 5.56 Å². The third kappa shape index (κ3) is 5.05. The standard InChI is InChI=1S/C26H28ClN7O/c1-3-33-10-12-34(13-11-33)16-18-8-9-22(28-14-18)30-26-29-15-20-17(2)23(25(35)31-24(20)32-26)19-6-4-5-7-21(19)27/h4-9,14-15H,3,10-13,16H2,1-2H3,(H2,28,29,30,31,32,35). The van der Waals surface area contributed by atoms with Crippen molar-refractivity contribution in [1.82, 2.24) is 29.7 Å². The highest BCUT2D eigenvalue weighted by molar-refractivity contribution is 6.33. The lowest BCUT2D eigenvalue weighted by molar-refractivity contribution is 0.132. The van der Waals surface area contributed by atoms with Crippen molar-refractivity contribution in [3.05, 3.63) is 75.3 Å². The van der Waals surface area contributed by atoms with Gasteiger partial charge in [0.1, 0.15) is 11.5 Å². The number of halogens is 1. The summed E-state index contributed by atoms with van der Waals surface area (Å²) in [5.74, 6) is 1.02. The van der Waals surface area contributed by atoms with E-state index in [2.05, 4.69) is 48.0 Å². The van der Waals surface area contributed by atoms with Crippen LogP contribution in [-0.2, 0) is 6.54 Å². The number of rotatable bonds is 6. The maximum Gasteiger partial charge on any atom is 0.257 e. The number of fused-ring (bicyclic) bond motifs is 1. The maximum atomic E-state index is 12.9. The zero-order chi connectivity index (χ0) is 24.4. The number of aryl methyl sites for hydroxylation is 1. The van der Waals surface area contributed by atoms with Gasteiger partial charge < -0.3 is 15.2 Å². The number of aromatic nitrogens is 4. The van der Waals surface area contributed by atoms with Crippen LogP contribution in [0.5, 0.6) is 0 Å². The Morgan fingerprint density at radius 2 is 1.80 bits per heavy atom. The fourth-order valence-electron chi connectivity index (χ4n) is 4.50. The van der Waals surface area contributed by atoms with Gasteiger partial charge in [-0.25, -0.2) is 9.97 Å². The molecule has 180 valence electrons. The minimum Gasteiger partial charge on any atom is -0.309 e. The molecule has 0 aliphatic carbocycles. The number of benzene rings is 1. The van der Waals surface area contributed by atoms with Crippen LogP contribution in [0.3, 0.4) is 0 Å². The second-order valence-electron chi connectivity index (χ2n) is 8.78. The number of nitrogens with zero attached hydrogens (tertiary/aromatic N) is 5. The van der Waals surface area contributed by atoms with Gasteiger partial charge in [0.15, 0.2) is 0 Å². The second-order valence-corrected chi connectivity index (χ2v) is 9.18. The SMILES string of the molecule is CCN1CCN(Cc2ccc(Nc3ncc4c(C)c(-c5ccccc5Cl)c(=O)[nH]c4n3)nc2)CC1. The van der Waals surface area contributed by atoms with E-state index in [1.54, 1.807) is 12.3 Å². The summed E-state index contributed by atoms with van der Waals surface area (Å²) >= 11 is 6.34. The van der Waals surface area contributed by atoms with Gasteiger partial charge in [0.05, 0.1) is 5.56 Å². The first-order valence-corrected chi connectivity index (χ1v) is 12.2. The number of hydrogen-bond acceptors (Lipinski definition) is 7. The molecule has 0 bridgehead atoms. The van der Waals surface area contributed by atoms with Crippen LogP contribution in [0.25, 0.3) is 22.2 Å². The third-order valence-electron chi connectivity index (χ3n) is 6.55. The highest BCUT2D eigenvalue weighted by Crippen LogP contribution is 2.30. The molecule has 9 heteroatoms. The van der Waals surface area contributed by atoms with Crippen LogP contribution < -0.4 is 10.9 Å². The fourth-order valence-corrected chi connectivity index (χ4v) is 4.73. The Bertz CT molecular complexity index is 1400. The molecule has 4 heterocycles. The van der Waals surface area contributed by atoms with Gasteiger partial charge in [0.2, 0.25) is 5.95 Å². The van der Waals surface area contributed by atoms with E-state index in [1.807, 2.05) is 37.4 Å². The van der Waals surface area contributed by atoms with Crippen molar-refractivity contribution < 1.29 is 0 Å². The lowest BCUT2D eigenvalue weighted by Crippen LogP contribution is -2.45. The highest BCUT2D eigenvalue weighted by Gasteiger charge is 2.17. The minimum atomic E-state index is -0.241. The molecule has 1 aliphatic rings. The second kappa shape index (κ2) is 10.1. The van der Waals surface area contributed by atoms with E-state index in [4.69, 9.17) is 11.6 Å². The van der Waals surface area contributed by atoms with Crippen molar-refractivity contribution >= 4 is 34.4 Å². The number of anilines is 2. The lowest BCUT2D eigenvalue weighted by atomic mass is 10.0. The minimum absolute atomic E-state index is 0.241. The van der Waals surface area contributed by atoms with E-state index >= 15 is 0 Å². The normalized spacial score (nSPS) is 14.9. The lowest BCUT2D eigenvalue weighted by Gasteiger charge is -2.33. The van der Waals surface area contributed by atoms with Crippen LogP contribution in [0.4, 0.5) is 11.8 Å². The van der Waals surface area contributed by atoms with Gasteiger partial charge in [-0.3, -0.25) is 9.69 Å². The summed E-state index contributed by atoms with van der Waals surface area (Å²) in [4.78, 5) is 34.2. The first kappa shape index (κ1) is 23.4. The molecule has 1 saturated heterocycles. The smallest absolute Gasteiger partial charge is 0.257 e. The van der Waals surface area contributed by atoms with E-state index in [0.29, 0.717) is 33.6 Å². The molecule has 8 nitrogen and oxygen atoms in total. The molecule has 0 saturated carbocycles. The summed E-state index contributed by atoms with van der Waals surface area (Å²) in [7, 11) is 0. The molecule has 2 N–H and O–H groups in total. The molecular weight excluding hydrogens is 462 g/mol. The number of pyridine rings is 2. The molecule has 1 fully saturated rings. The van der Waals surface area contributed by atoms with Gasteiger partial charge >= 0.3 is 0 Å². The summed E-state index contributed by atoms with van der Waals surface area (Å²) in [5.41, 5.74) is 3.39. The van der Waals surface area contributed by atoms with Crippen molar-refractivity contribution in [3.8, 4) is 11.1 Å². The number of hydrogen-bond donors (Lipinski definition) is 2. The fraction of sp³-hybridized carbons (Fsp3) is 0.308. The van der Waals surface area contributed by atoms with Crippen molar-refractivity contribution in [2.75, 3.05) is 38.0 Å². The summed E-state index contributed by atoms with van der Waals surface area (Å²) in [6.45, 7) is 10.5. The van der Waals surface area contributed by atoms with E-state index in [9.17, 15) is 4.79 Å². The maximum absolute atomic E-state index is 12.9. The average Bonchev–Trinajstić information content (AvgIpc) is 2.87. The van der Waals surface area contributed by atoms with E-state index in [1.165, 1.54) is 5.56 Å². The Hall–Kier alpha value is -3.33. The zero-order valence-electron chi connectivity index (χ0n) is 19.9. The van der Waals surface area contributed by atoms with Gasteiger partial charge in [-0.1, -0.05) is 42.8 Å². The highest BCUT2D eigenvalue weighted by atomic mass is 35.5. The van der Waals surface area contributed by atoms with Crippen LogP contribution in [0.2, 0.25) is 5.02 Å². The summed E-state index contributed by atoms with van der Waals surface area (Å²) in [6.07, 6.45) is 3.60. The summed E-state index contributed by atoms with van der Waals surface area (Å²) in [6, 6.07) is 11.3. The van der Waals surface area contributed by atoms with Crippen LogP contribution in [0.15, 0.2) is 53.6 Å². The van der Waals surface area contributed by atoms with Crippen molar-refractivity contribution in [3.63, 3.8) is 0 Å². The molecule has 0 atom stereocenters. The Morgan fingerprint density at radius 3 is 2.51 bits per heavy atom. The first-order valence-electron chi connectivity index (χ1n) is 11.8. The molecule has 4 aromatic rings. The van der Waals surface area contributed by atoms with Crippen LogP contribution in [0.1, 0.15) is 18.1 Å². The van der Waals surface area contributed by atoms with Gasteiger partial charge in [-0.05, 0) is 36.7 Å². The predicted octanol–water partition coefficient (Wildman–Crippen LogP) is 4.22. The van der Waals surface area contributed by atoms with Gasteiger partial charge in [0, 0.05) is 61.1 Å². The quantitative estimate of drug-likeness (QED) is 0.419. The van der Waals surface area contributed by atoms with Crippen LogP contribution in [0, 0.1) is 6.92 Å². The molecule has 3 aromatic heterocycles. The summed E-state index contributed by atoms with van der Waals surface area (Å²) in [5, 5.41) is 4.42. The molecule has 1 aliphatic heterocycles. The number of nitrogens with one attached hydrogen (secondary N) is 2. The topological polar surface area (TPSA) is 90.0 Å². The molecule has 1 aromatic carbocycles. The third-order valence-corrected chi connectivity index (χ3v) is 6.88. The average molecular weight is 490 g/mol. The monoisotopic (exact) mass is 489 g/mol.